The maximum Gasteiger partial charge on any atom is 0.227 e. The summed E-state index contributed by atoms with van der Waals surface area (Å²) in [5.74, 6) is 2.65. The predicted octanol–water partition coefficient (Wildman–Crippen LogP) is 3.52. The summed E-state index contributed by atoms with van der Waals surface area (Å²) < 4.78 is 5.11. The van der Waals surface area contributed by atoms with Gasteiger partial charge in [0.05, 0.1) is 11.7 Å². The lowest BCUT2D eigenvalue weighted by Gasteiger charge is -2.24. The highest BCUT2D eigenvalue weighted by Crippen LogP contribution is 2.32. The third kappa shape index (κ3) is 4.59. The van der Waals surface area contributed by atoms with E-state index in [0.717, 1.165) is 42.4 Å². The summed E-state index contributed by atoms with van der Waals surface area (Å²) in [5, 5.41) is 7.02. The molecule has 0 aliphatic carbocycles. The Bertz CT molecular complexity index is 1000. The van der Waals surface area contributed by atoms with Crippen LogP contribution in [0.4, 0.5) is 11.6 Å². The average Bonchev–Trinajstić information content (AvgIpc) is 3.35. The van der Waals surface area contributed by atoms with E-state index in [4.69, 9.17) is 9.51 Å². The highest BCUT2D eigenvalue weighted by molar-refractivity contribution is 5.77. The van der Waals surface area contributed by atoms with Crippen molar-refractivity contribution in [2.45, 2.75) is 45.6 Å². The number of rotatable bonds is 6. The van der Waals surface area contributed by atoms with Crippen LogP contribution < -0.4 is 5.32 Å². The molecule has 1 amide bonds. The summed E-state index contributed by atoms with van der Waals surface area (Å²) in [6.07, 6.45) is 2.68. The molecule has 1 saturated heterocycles. The van der Waals surface area contributed by atoms with Crippen molar-refractivity contribution in [3.63, 3.8) is 0 Å². The fourth-order valence-electron chi connectivity index (χ4n) is 3.62. The molecule has 0 bridgehead atoms. The average molecular weight is 392 g/mol. The number of likely N-dealkylation sites (tertiary alicyclic amines) is 1. The molecule has 8 heteroatoms. The van der Waals surface area contributed by atoms with E-state index < -0.39 is 0 Å². The number of amides is 1. The summed E-state index contributed by atoms with van der Waals surface area (Å²) >= 11 is 0. The minimum atomic E-state index is -0.0147. The second kappa shape index (κ2) is 8.38. The van der Waals surface area contributed by atoms with Crippen molar-refractivity contribution in [1.82, 2.24) is 25.0 Å². The molecule has 0 spiro atoms. The number of anilines is 2. The van der Waals surface area contributed by atoms with Crippen molar-refractivity contribution >= 4 is 17.5 Å². The molecule has 4 heterocycles. The number of pyridine rings is 2. The van der Waals surface area contributed by atoms with Crippen molar-refractivity contribution in [1.29, 1.82) is 0 Å². The van der Waals surface area contributed by atoms with E-state index in [0.29, 0.717) is 24.6 Å². The SMILES string of the molecule is Cc1cccc(Nc2cccc([C@H]3CCCN3C(=O)CCc3nc(C)no3)n2)n1. The topological polar surface area (TPSA) is 97.0 Å². The lowest BCUT2D eigenvalue weighted by molar-refractivity contribution is -0.132. The fraction of sp³-hybridized carbons (Fsp3) is 0.381. The number of aryl methyl sites for hydroxylation is 3. The van der Waals surface area contributed by atoms with E-state index in [1.54, 1.807) is 6.92 Å². The Labute approximate surface area is 169 Å². The zero-order valence-corrected chi connectivity index (χ0v) is 16.6. The van der Waals surface area contributed by atoms with E-state index in [-0.39, 0.29) is 11.9 Å². The van der Waals surface area contributed by atoms with Crippen LogP contribution in [0.1, 0.15) is 48.4 Å². The Kier molecular flexibility index (Phi) is 5.50. The van der Waals surface area contributed by atoms with Crippen LogP contribution in [0.3, 0.4) is 0 Å². The lowest BCUT2D eigenvalue weighted by atomic mass is 10.1. The molecular formula is C21H24N6O2. The first kappa shape index (κ1) is 19.0. The minimum Gasteiger partial charge on any atom is -0.339 e. The van der Waals surface area contributed by atoms with Gasteiger partial charge in [0.1, 0.15) is 11.6 Å². The first-order chi connectivity index (χ1) is 14.1. The van der Waals surface area contributed by atoms with Crippen LogP contribution >= 0.6 is 0 Å². The summed E-state index contributed by atoms with van der Waals surface area (Å²) in [4.78, 5) is 28.1. The van der Waals surface area contributed by atoms with Crippen LogP contribution in [0.5, 0.6) is 0 Å². The van der Waals surface area contributed by atoms with Gasteiger partial charge in [-0.3, -0.25) is 4.79 Å². The molecule has 150 valence electrons. The monoisotopic (exact) mass is 392 g/mol. The molecule has 1 fully saturated rings. The fourth-order valence-corrected chi connectivity index (χ4v) is 3.62. The summed E-state index contributed by atoms with van der Waals surface area (Å²) in [5.41, 5.74) is 1.83. The molecule has 3 aromatic heterocycles. The Hall–Kier alpha value is -3.29. The van der Waals surface area contributed by atoms with Gasteiger partial charge in [-0.15, -0.1) is 0 Å². The van der Waals surface area contributed by atoms with Crippen LogP contribution in [0.15, 0.2) is 40.9 Å². The van der Waals surface area contributed by atoms with Crippen molar-refractivity contribution < 1.29 is 9.32 Å². The van der Waals surface area contributed by atoms with Gasteiger partial charge in [0.25, 0.3) is 0 Å². The van der Waals surface area contributed by atoms with Crippen molar-refractivity contribution in [2.24, 2.45) is 0 Å². The molecule has 1 atom stereocenters. The first-order valence-corrected chi connectivity index (χ1v) is 9.85. The van der Waals surface area contributed by atoms with Crippen LogP contribution in [0, 0.1) is 13.8 Å². The van der Waals surface area contributed by atoms with Gasteiger partial charge in [-0.05, 0) is 51.0 Å². The Morgan fingerprint density at radius 2 is 1.93 bits per heavy atom. The molecule has 1 aliphatic heterocycles. The summed E-state index contributed by atoms with van der Waals surface area (Å²) in [7, 11) is 0. The molecule has 1 aliphatic rings. The summed E-state index contributed by atoms with van der Waals surface area (Å²) in [6, 6.07) is 11.6. The Balaban J connectivity index is 1.44. The van der Waals surface area contributed by atoms with Crippen LogP contribution in [-0.4, -0.2) is 37.5 Å². The van der Waals surface area contributed by atoms with Gasteiger partial charge in [-0.1, -0.05) is 17.3 Å². The summed E-state index contributed by atoms with van der Waals surface area (Å²) in [6.45, 7) is 4.46. The molecule has 0 unspecified atom stereocenters. The molecule has 8 nitrogen and oxygen atoms in total. The molecule has 1 N–H and O–H groups in total. The molecule has 0 aromatic carbocycles. The second-order valence-corrected chi connectivity index (χ2v) is 7.22. The zero-order chi connectivity index (χ0) is 20.2. The van der Waals surface area contributed by atoms with Gasteiger partial charge in [-0.2, -0.15) is 4.98 Å². The number of hydrogen-bond donors (Lipinski definition) is 1. The van der Waals surface area contributed by atoms with Crippen LogP contribution in [-0.2, 0) is 11.2 Å². The van der Waals surface area contributed by atoms with Crippen molar-refractivity contribution in [3.05, 3.63) is 59.5 Å². The smallest absolute Gasteiger partial charge is 0.227 e. The standard InChI is InChI=1S/C21H24N6O2/c1-14-6-3-9-18(22-14)25-19-10-4-7-16(24-19)17-8-5-13-27(17)21(28)12-11-20-23-15(2)26-29-20/h3-4,6-7,9-10,17H,5,8,11-13H2,1-2H3,(H,22,24,25)/t17-/m1/s1. The largest absolute Gasteiger partial charge is 0.339 e. The Morgan fingerprint density at radius 1 is 1.14 bits per heavy atom. The molecular weight excluding hydrogens is 368 g/mol. The molecule has 0 radical (unpaired) electrons. The quantitative estimate of drug-likeness (QED) is 0.685. The predicted molar refractivity (Wildman–Crippen MR) is 108 cm³/mol. The van der Waals surface area contributed by atoms with E-state index in [1.165, 1.54) is 0 Å². The van der Waals surface area contributed by atoms with E-state index in [1.807, 2.05) is 48.2 Å². The number of aromatic nitrogens is 4. The third-order valence-corrected chi connectivity index (χ3v) is 4.95. The van der Waals surface area contributed by atoms with Gasteiger partial charge < -0.3 is 14.7 Å². The van der Waals surface area contributed by atoms with Gasteiger partial charge in [-0.25, -0.2) is 9.97 Å². The van der Waals surface area contributed by atoms with E-state index in [2.05, 4.69) is 20.4 Å². The number of nitrogens with zero attached hydrogens (tertiary/aromatic N) is 5. The number of carbonyl (C=O) groups is 1. The van der Waals surface area contributed by atoms with Gasteiger partial charge >= 0.3 is 0 Å². The zero-order valence-electron chi connectivity index (χ0n) is 16.6. The van der Waals surface area contributed by atoms with Gasteiger partial charge in [0.15, 0.2) is 5.82 Å². The van der Waals surface area contributed by atoms with Crippen molar-refractivity contribution in [2.75, 3.05) is 11.9 Å². The third-order valence-electron chi connectivity index (χ3n) is 4.95. The number of nitrogens with one attached hydrogen (secondary N) is 1. The van der Waals surface area contributed by atoms with Crippen LogP contribution in [0.2, 0.25) is 0 Å². The van der Waals surface area contributed by atoms with Gasteiger partial charge in [0, 0.05) is 25.1 Å². The Morgan fingerprint density at radius 3 is 2.69 bits per heavy atom. The van der Waals surface area contributed by atoms with Crippen LogP contribution in [0.25, 0.3) is 0 Å². The number of carbonyl (C=O) groups excluding carboxylic acids is 1. The van der Waals surface area contributed by atoms with E-state index >= 15 is 0 Å². The lowest BCUT2D eigenvalue weighted by Crippen LogP contribution is -2.31. The maximum absolute atomic E-state index is 12.8. The highest BCUT2D eigenvalue weighted by Gasteiger charge is 2.31. The maximum atomic E-state index is 12.8. The molecule has 0 saturated carbocycles. The molecule has 4 rings (SSSR count). The highest BCUT2D eigenvalue weighted by atomic mass is 16.5. The minimum absolute atomic E-state index is 0.0147. The molecule has 29 heavy (non-hydrogen) atoms. The van der Waals surface area contributed by atoms with Crippen molar-refractivity contribution in [3.8, 4) is 0 Å². The first-order valence-electron chi connectivity index (χ1n) is 9.85. The normalized spacial score (nSPS) is 16.2. The number of hydrogen-bond acceptors (Lipinski definition) is 7. The second-order valence-electron chi connectivity index (χ2n) is 7.22. The molecule has 3 aromatic rings. The van der Waals surface area contributed by atoms with E-state index in [9.17, 15) is 4.79 Å². The van der Waals surface area contributed by atoms with Gasteiger partial charge in [0.2, 0.25) is 11.8 Å².